The average molecular weight is 325 g/mol. The lowest BCUT2D eigenvalue weighted by atomic mass is 9.92. The number of carboxylic acids is 1. The van der Waals surface area contributed by atoms with E-state index in [2.05, 4.69) is 53.4 Å². The second-order valence-corrected chi connectivity index (χ2v) is 6.71. The number of carboxylic acid groups (broad SMARTS) is 1. The monoisotopic (exact) mass is 325 g/mol. The number of carbonyl (C=O) groups is 1. The van der Waals surface area contributed by atoms with Crippen LogP contribution in [0.4, 0.5) is 0 Å². The summed E-state index contributed by atoms with van der Waals surface area (Å²) >= 11 is 0. The van der Waals surface area contributed by atoms with Gasteiger partial charge in [-0.2, -0.15) is 0 Å². The minimum atomic E-state index is -0.732. The van der Waals surface area contributed by atoms with Crippen LogP contribution < -0.4 is 0 Å². The van der Waals surface area contributed by atoms with Gasteiger partial charge in [0.05, 0.1) is 5.92 Å². The van der Waals surface area contributed by atoms with Gasteiger partial charge in [-0.3, -0.25) is 4.79 Å². The summed E-state index contributed by atoms with van der Waals surface area (Å²) in [7, 11) is 2.02. The van der Waals surface area contributed by atoms with Gasteiger partial charge in [-0.15, -0.1) is 0 Å². The van der Waals surface area contributed by atoms with Gasteiger partial charge in [0.1, 0.15) is 0 Å². The zero-order valence-corrected chi connectivity index (χ0v) is 14.6. The van der Waals surface area contributed by atoms with Crippen LogP contribution in [0.1, 0.15) is 18.1 Å². The minimum Gasteiger partial charge on any atom is -0.481 e. The second-order valence-electron chi connectivity index (χ2n) is 6.71. The summed E-state index contributed by atoms with van der Waals surface area (Å²) in [5, 5.41) is 9.11. The van der Waals surface area contributed by atoms with Crippen molar-refractivity contribution in [2.45, 2.75) is 19.8 Å². The topological polar surface area (TPSA) is 40.5 Å². The first kappa shape index (κ1) is 18.2. The molecule has 3 nitrogen and oxygen atoms in total. The number of benzene rings is 2. The highest BCUT2D eigenvalue weighted by molar-refractivity contribution is 5.69. The smallest absolute Gasteiger partial charge is 0.307 e. The third-order valence-electron chi connectivity index (χ3n) is 4.31. The molecule has 24 heavy (non-hydrogen) atoms. The van der Waals surface area contributed by atoms with Crippen LogP contribution in [0.5, 0.6) is 0 Å². The first-order chi connectivity index (χ1) is 11.5. The molecule has 0 aliphatic heterocycles. The summed E-state index contributed by atoms with van der Waals surface area (Å²) in [6.07, 6.45) is 2.00. The van der Waals surface area contributed by atoms with E-state index in [4.69, 9.17) is 5.11 Å². The van der Waals surface area contributed by atoms with Crippen LogP contribution in [-0.4, -0.2) is 36.1 Å². The lowest BCUT2D eigenvalue weighted by Gasteiger charge is -2.25. The summed E-state index contributed by atoms with van der Waals surface area (Å²) in [6.45, 7) is 3.24. The molecule has 3 heteroatoms. The number of hydrogen-bond acceptors (Lipinski definition) is 2. The molecule has 0 fully saturated rings. The fraction of sp³-hybridized carbons (Fsp3) is 0.381. The summed E-state index contributed by atoms with van der Waals surface area (Å²) < 4.78 is 0. The van der Waals surface area contributed by atoms with E-state index in [0.29, 0.717) is 12.5 Å². The first-order valence-electron chi connectivity index (χ1n) is 8.53. The van der Waals surface area contributed by atoms with Gasteiger partial charge in [-0.25, -0.2) is 0 Å². The van der Waals surface area contributed by atoms with E-state index in [1.54, 1.807) is 6.92 Å². The van der Waals surface area contributed by atoms with Crippen molar-refractivity contribution >= 4 is 5.97 Å². The van der Waals surface area contributed by atoms with E-state index in [1.165, 1.54) is 11.1 Å². The van der Waals surface area contributed by atoms with Crippen LogP contribution in [0.3, 0.4) is 0 Å². The van der Waals surface area contributed by atoms with Crippen molar-refractivity contribution in [3.05, 3.63) is 71.8 Å². The third-order valence-corrected chi connectivity index (χ3v) is 4.31. The normalized spacial score (nSPS) is 12.5. The van der Waals surface area contributed by atoms with Gasteiger partial charge in [-0.1, -0.05) is 67.6 Å². The number of hydrogen-bond donors (Lipinski definition) is 1. The molecule has 0 aliphatic carbocycles. The Labute approximate surface area is 144 Å². The molecule has 0 saturated heterocycles. The maximum absolute atomic E-state index is 11.1. The maximum Gasteiger partial charge on any atom is 0.307 e. The fourth-order valence-corrected chi connectivity index (χ4v) is 3.16. The molecule has 0 bridgehead atoms. The molecular formula is C21H27NO2. The van der Waals surface area contributed by atoms with E-state index in [0.717, 1.165) is 19.4 Å². The van der Waals surface area contributed by atoms with Gasteiger partial charge < -0.3 is 10.0 Å². The van der Waals surface area contributed by atoms with E-state index < -0.39 is 5.97 Å². The molecule has 0 spiro atoms. The van der Waals surface area contributed by atoms with Crippen molar-refractivity contribution < 1.29 is 9.90 Å². The highest BCUT2D eigenvalue weighted by Gasteiger charge is 2.18. The highest BCUT2D eigenvalue weighted by atomic mass is 16.4. The molecule has 2 aromatic rings. The predicted octanol–water partition coefficient (Wildman–Crippen LogP) is 3.74. The Morgan fingerprint density at radius 3 is 1.79 bits per heavy atom. The largest absolute Gasteiger partial charge is 0.481 e. The summed E-state index contributed by atoms with van der Waals surface area (Å²) in [6, 6.07) is 21.0. The molecule has 128 valence electrons. The van der Waals surface area contributed by atoms with Crippen LogP contribution >= 0.6 is 0 Å². The first-order valence-corrected chi connectivity index (χ1v) is 8.53. The minimum absolute atomic E-state index is 0.343. The molecule has 2 rings (SSSR count). The van der Waals surface area contributed by atoms with Crippen LogP contribution in [-0.2, 0) is 17.6 Å². The predicted molar refractivity (Wildman–Crippen MR) is 98.1 cm³/mol. The van der Waals surface area contributed by atoms with Crippen molar-refractivity contribution in [1.82, 2.24) is 4.90 Å². The maximum atomic E-state index is 11.1. The van der Waals surface area contributed by atoms with Gasteiger partial charge in [0.15, 0.2) is 0 Å². The zero-order valence-electron chi connectivity index (χ0n) is 14.6. The fourth-order valence-electron chi connectivity index (χ4n) is 3.16. The van der Waals surface area contributed by atoms with Crippen LogP contribution in [0, 0.1) is 11.8 Å². The van der Waals surface area contributed by atoms with Gasteiger partial charge in [0.2, 0.25) is 0 Å². The van der Waals surface area contributed by atoms with E-state index in [1.807, 2.05) is 19.2 Å². The molecule has 0 aliphatic rings. The summed E-state index contributed by atoms with van der Waals surface area (Å²) in [5.74, 6) is -0.616. The van der Waals surface area contributed by atoms with Crippen LogP contribution in [0.15, 0.2) is 60.7 Å². The van der Waals surface area contributed by atoms with Crippen molar-refractivity contribution in [2.24, 2.45) is 11.8 Å². The highest BCUT2D eigenvalue weighted by Crippen LogP contribution is 2.16. The second kappa shape index (κ2) is 9.24. The number of rotatable bonds is 9. The van der Waals surface area contributed by atoms with Crippen molar-refractivity contribution in [1.29, 1.82) is 0 Å². The molecule has 0 aromatic heterocycles. The van der Waals surface area contributed by atoms with Gasteiger partial charge in [0, 0.05) is 13.1 Å². The van der Waals surface area contributed by atoms with E-state index in [-0.39, 0.29) is 5.92 Å². The molecule has 1 atom stereocenters. The molecule has 0 radical (unpaired) electrons. The quantitative estimate of drug-likeness (QED) is 0.763. The molecule has 1 N–H and O–H groups in total. The van der Waals surface area contributed by atoms with Gasteiger partial charge in [0.25, 0.3) is 0 Å². The van der Waals surface area contributed by atoms with Crippen molar-refractivity contribution in [3.8, 4) is 0 Å². The Morgan fingerprint density at radius 2 is 1.38 bits per heavy atom. The molecule has 0 amide bonds. The SMILES string of the molecule is CC(CN(C)CC(Cc1ccccc1)Cc1ccccc1)C(=O)O. The van der Waals surface area contributed by atoms with Gasteiger partial charge >= 0.3 is 5.97 Å². The van der Waals surface area contributed by atoms with Crippen molar-refractivity contribution in [3.63, 3.8) is 0 Å². The van der Waals surface area contributed by atoms with E-state index in [9.17, 15) is 4.79 Å². The van der Waals surface area contributed by atoms with Gasteiger partial charge in [-0.05, 0) is 36.9 Å². The Hall–Kier alpha value is -2.13. The number of nitrogens with zero attached hydrogens (tertiary/aromatic N) is 1. The van der Waals surface area contributed by atoms with Crippen LogP contribution in [0.2, 0.25) is 0 Å². The Bertz CT molecular complexity index is 571. The lowest BCUT2D eigenvalue weighted by Crippen LogP contribution is -2.33. The molecule has 1 unspecified atom stereocenters. The Kier molecular flexibility index (Phi) is 7.01. The molecule has 2 aromatic carbocycles. The molecule has 0 heterocycles. The molecular weight excluding hydrogens is 298 g/mol. The lowest BCUT2D eigenvalue weighted by molar-refractivity contribution is -0.141. The summed E-state index contributed by atoms with van der Waals surface area (Å²) in [5.41, 5.74) is 2.66. The van der Waals surface area contributed by atoms with E-state index >= 15 is 0 Å². The zero-order chi connectivity index (χ0) is 17.4. The van der Waals surface area contributed by atoms with Crippen LogP contribution in [0.25, 0.3) is 0 Å². The Balaban J connectivity index is 2.03. The Morgan fingerprint density at radius 1 is 0.917 bits per heavy atom. The average Bonchev–Trinajstić information content (AvgIpc) is 2.56. The number of aliphatic carboxylic acids is 1. The third kappa shape index (κ3) is 6.17. The standard InChI is InChI=1S/C21H27NO2/c1-17(21(23)24)15-22(2)16-20(13-18-9-5-3-6-10-18)14-19-11-7-4-8-12-19/h3-12,17,20H,13-16H2,1-2H3,(H,23,24). The van der Waals surface area contributed by atoms with Crippen molar-refractivity contribution in [2.75, 3.05) is 20.1 Å². The summed E-state index contributed by atoms with van der Waals surface area (Å²) in [4.78, 5) is 13.2. The molecule has 0 saturated carbocycles.